The fourth-order valence-corrected chi connectivity index (χ4v) is 0.859. The number of likely N-dealkylation sites (N-methyl/N-ethyl adjacent to an activating group) is 1. The minimum absolute atomic E-state index is 0.175. The maximum Gasteiger partial charge on any atom is 0.324 e. The Balaban J connectivity index is 2.73. The molecule has 0 bridgehead atoms. The molecule has 0 aromatic heterocycles. The first-order chi connectivity index (χ1) is 4.66. The Bertz CT molecular complexity index is 180. The summed E-state index contributed by atoms with van der Waals surface area (Å²) < 4.78 is 0. The van der Waals surface area contributed by atoms with Gasteiger partial charge in [0.2, 0.25) is 0 Å². The van der Waals surface area contributed by atoms with E-state index in [2.05, 4.69) is 5.32 Å². The molecule has 0 saturated carbocycles. The molecule has 1 heterocycles. The topological polar surface area (TPSA) is 75.4 Å². The number of carbonyl (C=O) groups is 2. The Morgan fingerprint density at radius 1 is 1.70 bits per heavy atom. The highest BCUT2D eigenvalue weighted by Crippen LogP contribution is 2.02. The molecular weight excluding hydrogens is 134 g/mol. The highest BCUT2D eigenvalue weighted by molar-refractivity contribution is 6.04. The van der Waals surface area contributed by atoms with Crippen molar-refractivity contribution < 1.29 is 9.59 Å². The second-order valence-corrected chi connectivity index (χ2v) is 2.16. The first-order valence-electron chi connectivity index (χ1n) is 2.94. The smallest absolute Gasteiger partial charge is 0.324 e. The number of nitrogens with zero attached hydrogens (tertiary/aromatic N) is 1. The third-order valence-corrected chi connectivity index (χ3v) is 1.54. The van der Waals surface area contributed by atoms with Gasteiger partial charge in [0.05, 0.1) is 0 Å². The van der Waals surface area contributed by atoms with Gasteiger partial charge in [-0.25, -0.2) is 4.79 Å². The van der Waals surface area contributed by atoms with Gasteiger partial charge >= 0.3 is 6.03 Å². The van der Waals surface area contributed by atoms with E-state index >= 15 is 0 Å². The molecule has 1 aliphatic rings. The normalized spacial score (nSPS) is 25.4. The van der Waals surface area contributed by atoms with Crippen LogP contribution in [-0.4, -0.2) is 36.5 Å². The molecule has 1 unspecified atom stereocenters. The molecule has 1 rings (SSSR count). The Kier molecular flexibility index (Phi) is 1.58. The van der Waals surface area contributed by atoms with Crippen LogP contribution in [0.3, 0.4) is 0 Å². The van der Waals surface area contributed by atoms with Crippen LogP contribution in [0.4, 0.5) is 4.79 Å². The minimum Gasteiger partial charge on any atom is -0.328 e. The van der Waals surface area contributed by atoms with Crippen LogP contribution in [0.25, 0.3) is 0 Å². The maximum atomic E-state index is 10.8. The number of imide groups is 1. The predicted molar refractivity (Wildman–Crippen MR) is 34.1 cm³/mol. The van der Waals surface area contributed by atoms with E-state index in [4.69, 9.17) is 5.73 Å². The van der Waals surface area contributed by atoms with Crippen molar-refractivity contribution in [3.8, 4) is 0 Å². The molecule has 56 valence electrons. The van der Waals surface area contributed by atoms with Gasteiger partial charge < -0.3 is 10.6 Å². The number of urea groups is 1. The molecule has 3 N–H and O–H groups in total. The van der Waals surface area contributed by atoms with Gasteiger partial charge in [-0.3, -0.25) is 10.1 Å². The van der Waals surface area contributed by atoms with Crippen molar-refractivity contribution in [1.29, 1.82) is 0 Å². The van der Waals surface area contributed by atoms with E-state index in [9.17, 15) is 9.59 Å². The van der Waals surface area contributed by atoms with E-state index in [0.717, 1.165) is 0 Å². The molecule has 3 amide bonds. The SMILES string of the molecule is CN1C(=O)NC(=O)C1CN. The molecular formula is C5H9N3O2. The van der Waals surface area contributed by atoms with Crippen molar-refractivity contribution in [3.63, 3.8) is 0 Å². The minimum atomic E-state index is -0.479. The molecule has 1 aliphatic heterocycles. The van der Waals surface area contributed by atoms with E-state index in [1.54, 1.807) is 0 Å². The zero-order valence-electron chi connectivity index (χ0n) is 5.63. The summed E-state index contributed by atoms with van der Waals surface area (Å²) in [5.41, 5.74) is 5.22. The number of carbonyl (C=O) groups excluding carboxylic acids is 2. The zero-order chi connectivity index (χ0) is 7.72. The van der Waals surface area contributed by atoms with E-state index in [-0.39, 0.29) is 18.5 Å². The van der Waals surface area contributed by atoms with Gasteiger partial charge in [-0.2, -0.15) is 0 Å². The van der Waals surface area contributed by atoms with Gasteiger partial charge in [0, 0.05) is 13.6 Å². The van der Waals surface area contributed by atoms with Gasteiger partial charge in [0.1, 0.15) is 6.04 Å². The molecule has 0 aromatic rings. The maximum absolute atomic E-state index is 10.8. The van der Waals surface area contributed by atoms with Crippen molar-refractivity contribution in [1.82, 2.24) is 10.2 Å². The number of nitrogens with one attached hydrogen (secondary N) is 1. The second-order valence-electron chi connectivity index (χ2n) is 2.16. The second kappa shape index (κ2) is 2.26. The lowest BCUT2D eigenvalue weighted by Gasteiger charge is -2.12. The summed E-state index contributed by atoms with van der Waals surface area (Å²) in [5, 5.41) is 2.14. The average Bonchev–Trinajstić information content (AvgIpc) is 2.09. The Morgan fingerprint density at radius 3 is 2.50 bits per heavy atom. The third-order valence-electron chi connectivity index (χ3n) is 1.54. The van der Waals surface area contributed by atoms with E-state index in [0.29, 0.717) is 0 Å². The van der Waals surface area contributed by atoms with E-state index in [1.807, 2.05) is 0 Å². The predicted octanol–water partition coefficient (Wildman–Crippen LogP) is -1.50. The molecule has 10 heavy (non-hydrogen) atoms. The molecule has 0 aromatic carbocycles. The van der Waals surface area contributed by atoms with Crippen molar-refractivity contribution in [3.05, 3.63) is 0 Å². The Morgan fingerprint density at radius 2 is 2.30 bits per heavy atom. The average molecular weight is 143 g/mol. The van der Waals surface area contributed by atoms with Gasteiger partial charge in [-0.15, -0.1) is 0 Å². The molecule has 1 saturated heterocycles. The van der Waals surface area contributed by atoms with Gasteiger partial charge in [0.15, 0.2) is 0 Å². The summed E-state index contributed by atoms with van der Waals surface area (Å²) in [6.45, 7) is 0.175. The zero-order valence-corrected chi connectivity index (χ0v) is 5.63. The van der Waals surface area contributed by atoms with Gasteiger partial charge in [-0.1, -0.05) is 0 Å². The number of hydrogen-bond donors (Lipinski definition) is 2. The first-order valence-corrected chi connectivity index (χ1v) is 2.94. The monoisotopic (exact) mass is 143 g/mol. The van der Waals surface area contributed by atoms with Gasteiger partial charge in [-0.05, 0) is 0 Å². The lowest BCUT2D eigenvalue weighted by atomic mass is 10.3. The van der Waals surface area contributed by atoms with Crippen LogP contribution in [0.5, 0.6) is 0 Å². The summed E-state index contributed by atoms with van der Waals surface area (Å²) in [5.74, 6) is -0.310. The molecule has 5 nitrogen and oxygen atoms in total. The summed E-state index contributed by atoms with van der Waals surface area (Å²) in [4.78, 5) is 22.8. The lowest BCUT2D eigenvalue weighted by Crippen LogP contribution is -2.37. The van der Waals surface area contributed by atoms with Crippen LogP contribution in [0.1, 0.15) is 0 Å². The number of amides is 3. The summed E-state index contributed by atoms with van der Waals surface area (Å²) in [6, 6.07) is -0.854. The summed E-state index contributed by atoms with van der Waals surface area (Å²) in [6.07, 6.45) is 0. The highest BCUT2D eigenvalue weighted by atomic mass is 16.2. The number of rotatable bonds is 1. The first kappa shape index (κ1) is 7.01. The quantitative estimate of drug-likeness (QED) is 0.438. The van der Waals surface area contributed by atoms with Crippen LogP contribution in [-0.2, 0) is 4.79 Å². The van der Waals surface area contributed by atoms with Crippen LogP contribution >= 0.6 is 0 Å². The summed E-state index contributed by atoms with van der Waals surface area (Å²) in [7, 11) is 1.54. The fourth-order valence-electron chi connectivity index (χ4n) is 0.859. The fraction of sp³-hybridized carbons (Fsp3) is 0.600. The molecule has 0 spiro atoms. The van der Waals surface area contributed by atoms with E-state index in [1.165, 1.54) is 11.9 Å². The van der Waals surface area contributed by atoms with Crippen molar-refractivity contribution >= 4 is 11.9 Å². The van der Waals surface area contributed by atoms with Crippen molar-refractivity contribution in [2.75, 3.05) is 13.6 Å². The van der Waals surface area contributed by atoms with Crippen LogP contribution in [0, 0.1) is 0 Å². The standard InChI is InChI=1S/C5H9N3O2/c1-8-3(2-6)4(9)7-5(8)10/h3H,2,6H2,1H3,(H,7,9,10). The lowest BCUT2D eigenvalue weighted by molar-refractivity contribution is -0.121. The van der Waals surface area contributed by atoms with Crippen LogP contribution in [0.15, 0.2) is 0 Å². The van der Waals surface area contributed by atoms with Crippen LogP contribution in [0.2, 0.25) is 0 Å². The largest absolute Gasteiger partial charge is 0.328 e. The molecule has 1 fully saturated rings. The van der Waals surface area contributed by atoms with E-state index < -0.39 is 6.04 Å². The number of nitrogens with two attached hydrogens (primary N) is 1. The van der Waals surface area contributed by atoms with Crippen LogP contribution < -0.4 is 11.1 Å². The van der Waals surface area contributed by atoms with Crippen molar-refractivity contribution in [2.45, 2.75) is 6.04 Å². The highest BCUT2D eigenvalue weighted by Gasteiger charge is 2.33. The molecule has 1 atom stereocenters. The molecule has 5 heteroatoms. The Labute approximate surface area is 58.2 Å². The Hall–Kier alpha value is -1.10. The third kappa shape index (κ3) is 0.841. The molecule has 0 radical (unpaired) electrons. The molecule has 0 aliphatic carbocycles. The van der Waals surface area contributed by atoms with Gasteiger partial charge in [0.25, 0.3) is 5.91 Å². The summed E-state index contributed by atoms with van der Waals surface area (Å²) >= 11 is 0. The van der Waals surface area contributed by atoms with Crippen molar-refractivity contribution in [2.24, 2.45) is 5.73 Å². The number of hydrogen-bond acceptors (Lipinski definition) is 3.